The lowest BCUT2D eigenvalue weighted by atomic mass is 10.1. The zero-order valence-corrected chi connectivity index (χ0v) is 9.68. The zero-order valence-electron chi connectivity index (χ0n) is 8.92. The number of amides is 1. The lowest BCUT2D eigenvalue weighted by Crippen LogP contribution is -2.34. The van der Waals surface area contributed by atoms with Crippen molar-refractivity contribution in [3.8, 4) is 0 Å². The minimum absolute atomic E-state index is 0.0885. The SMILES string of the molecule is O=C(O)C(=O)N1CCc2c1cc(Cl)cc2[N+](=O)[O-]. The first kappa shape index (κ1) is 12.3. The van der Waals surface area contributed by atoms with Gasteiger partial charge in [0.25, 0.3) is 5.69 Å². The van der Waals surface area contributed by atoms with Gasteiger partial charge in [-0.3, -0.25) is 14.9 Å². The molecule has 2 rings (SSSR count). The number of carboxylic acid groups (broad SMARTS) is 1. The molecular weight excluding hydrogens is 264 g/mol. The van der Waals surface area contributed by atoms with Gasteiger partial charge in [-0.05, 0) is 12.5 Å². The van der Waals surface area contributed by atoms with Gasteiger partial charge in [0.2, 0.25) is 0 Å². The van der Waals surface area contributed by atoms with Crippen molar-refractivity contribution < 1.29 is 19.6 Å². The van der Waals surface area contributed by atoms with Crippen molar-refractivity contribution in [2.45, 2.75) is 6.42 Å². The summed E-state index contributed by atoms with van der Waals surface area (Å²) in [6.07, 6.45) is 0.238. The Kier molecular flexibility index (Phi) is 2.92. The van der Waals surface area contributed by atoms with E-state index in [2.05, 4.69) is 0 Å². The standard InChI is InChI=1S/C10H7ClN2O5/c11-5-3-7-6(8(4-5)13(17)18)1-2-12(7)9(14)10(15)16/h3-4H,1-2H2,(H,15,16). The predicted molar refractivity (Wildman–Crippen MR) is 61.8 cm³/mol. The molecule has 1 aromatic rings. The van der Waals surface area contributed by atoms with Gasteiger partial charge >= 0.3 is 11.9 Å². The summed E-state index contributed by atoms with van der Waals surface area (Å²) in [6, 6.07) is 2.55. The lowest BCUT2D eigenvalue weighted by molar-refractivity contribution is -0.385. The summed E-state index contributed by atoms with van der Waals surface area (Å²) < 4.78 is 0. The molecular formula is C10H7ClN2O5. The summed E-state index contributed by atoms with van der Waals surface area (Å²) in [5, 5.41) is 19.6. The number of hydrogen-bond acceptors (Lipinski definition) is 4. The molecule has 0 radical (unpaired) electrons. The van der Waals surface area contributed by atoms with Crippen molar-refractivity contribution in [3.63, 3.8) is 0 Å². The van der Waals surface area contributed by atoms with E-state index < -0.39 is 16.8 Å². The molecule has 0 atom stereocenters. The fraction of sp³-hybridized carbons (Fsp3) is 0.200. The zero-order chi connectivity index (χ0) is 13.4. The summed E-state index contributed by atoms with van der Waals surface area (Å²) in [6.45, 7) is 0.0989. The lowest BCUT2D eigenvalue weighted by Gasteiger charge is -2.14. The second-order valence-electron chi connectivity index (χ2n) is 3.69. The fourth-order valence-corrected chi connectivity index (χ4v) is 2.15. The molecule has 1 heterocycles. The van der Waals surface area contributed by atoms with E-state index in [4.69, 9.17) is 16.7 Å². The molecule has 1 N–H and O–H groups in total. The van der Waals surface area contributed by atoms with Crippen LogP contribution in [0, 0.1) is 10.1 Å². The summed E-state index contributed by atoms with van der Waals surface area (Å²) in [5.74, 6) is -2.73. The molecule has 7 nitrogen and oxygen atoms in total. The number of carboxylic acids is 1. The van der Waals surface area contributed by atoms with Crippen LogP contribution in [0.15, 0.2) is 12.1 Å². The minimum atomic E-state index is -1.61. The van der Waals surface area contributed by atoms with Crippen molar-refractivity contribution in [2.75, 3.05) is 11.4 Å². The van der Waals surface area contributed by atoms with Gasteiger partial charge in [-0.25, -0.2) is 4.79 Å². The van der Waals surface area contributed by atoms with Gasteiger partial charge in [-0.1, -0.05) is 11.6 Å². The molecule has 1 amide bonds. The molecule has 0 fully saturated rings. The third kappa shape index (κ3) is 1.88. The number of fused-ring (bicyclic) bond motifs is 1. The van der Waals surface area contributed by atoms with Crippen molar-refractivity contribution in [1.29, 1.82) is 0 Å². The maximum atomic E-state index is 11.4. The largest absolute Gasteiger partial charge is 0.474 e. The highest BCUT2D eigenvalue weighted by molar-refractivity contribution is 6.38. The van der Waals surface area contributed by atoms with Crippen molar-refractivity contribution >= 4 is 34.9 Å². The van der Waals surface area contributed by atoms with Gasteiger partial charge < -0.3 is 10.0 Å². The summed E-state index contributed by atoms with van der Waals surface area (Å²) >= 11 is 5.73. The third-order valence-corrected chi connectivity index (χ3v) is 2.89. The van der Waals surface area contributed by atoms with Crippen molar-refractivity contribution in [3.05, 3.63) is 32.8 Å². The third-order valence-electron chi connectivity index (χ3n) is 2.67. The second kappa shape index (κ2) is 4.26. The van der Waals surface area contributed by atoms with E-state index in [1.54, 1.807) is 0 Å². The van der Waals surface area contributed by atoms with Crippen LogP contribution in [0.2, 0.25) is 5.02 Å². The Hall–Kier alpha value is -2.15. The maximum absolute atomic E-state index is 11.4. The number of anilines is 1. The Morgan fingerprint density at radius 1 is 1.44 bits per heavy atom. The van der Waals surface area contributed by atoms with E-state index in [9.17, 15) is 19.7 Å². The molecule has 18 heavy (non-hydrogen) atoms. The minimum Gasteiger partial charge on any atom is -0.474 e. The van der Waals surface area contributed by atoms with Crippen LogP contribution >= 0.6 is 11.6 Å². The topological polar surface area (TPSA) is 101 Å². The van der Waals surface area contributed by atoms with Gasteiger partial charge in [-0.15, -0.1) is 0 Å². The highest BCUT2D eigenvalue weighted by Gasteiger charge is 2.33. The van der Waals surface area contributed by atoms with Crippen LogP contribution in [0.4, 0.5) is 11.4 Å². The number of hydrogen-bond donors (Lipinski definition) is 1. The van der Waals surface area contributed by atoms with E-state index >= 15 is 0 Å². The smallest absolute Gasteiger partial charge is 0.394 e. The molecule has 1 aliphatic rings. The molecule has 1 aliphatic heterocycles. The maximum Gasteiger partial charge on any atom is 0.394 e. The molecule has 0 spiro atoms. The monoisotopic (exact) mass is 270 g/mol. The van der Waals surface area contributed by atoms with Gasteiger partial charge in [0.05, 0.1) is 16.2 Å². The number of carbonyl (C=O) groups is 2. The molecule has 0 aromatic heterocycles. The van der Waals surface area contributed by atoms with Crippen LogP contribution in [-0.4, -0.2) is 28.5 Å². The van der Waals surface area contributed by atoms with E-state index in [0.717, 1.165) is 4.90 Å². The Labute approximate surface area is 106 Å². The Bertz CT molecular complexity index is 572. The van der Waals surface area contributed by atoms with E-state index in [0.29, 0.717) is 5.56 Å². The van der Waals surface area contributed by atoms with Crippen molar-refractivity contribution in [1.82, 2.24) is 0 Å². The number of aliphatic carboxylic acids is 1. The number of nitro benzene ring substituents is 1. The molecule has 1 aromatic carbocycles. The van der Waals surface area contributed by atoms with Gasteiger partial charge in [0, 0.05) is 17.6 Å². The first-order valence-electron chi connectivity index (χ1n) is 4.93. The molecule has 0 saturated heterocycles. The quantitative estimate of drug-likeness (QED) is 0.470. The molecule has 8 heteroatoms. The van der Waals surface area contributed by atoms with Gasteiger partial charge in [0.15, 0.2) is 0 Å². The normalized spacial score (nSPS) is 13.3. The number of rotatable bonds is 1. The van der Waals surface area contributed by atoms with E-state index in [1.165, 1.54) is 12.1 Å². The summed E-state index contributed by atoms with van der Waals surface area (Å²) in [5.41, 5.74) is 0.332. The second-order valence-corrected chi connectivity index (χ2v) is 4.13. The predicted octanol–water partition coefficient (Wildman–Crippen LogP) is 1.22. The van der Waals surface area contributed by atoms with Crippen LogP contribution in [0.25, 0.3) is 0 Å². The molecule has 0 unspecified atom stereocenters. The number of nitrogens with zero attached hydrogens (tertiary/aromatic N) is 2. The fourth-order valence-electron chi connectivity index (χ4n) is 1.94. The highest BCUT2D eigenvalue weighted by atomic mass is 35.5. The first-order chi connectivity index (χ1) is 8.41. The van der Waals surface area contributed by atoms with Crippen LogP contribution in [0.1, 0.15) is 5.56 Å². The summed E-state index contributed by atoms with van der Waals surface area (Å²) in [4.78, 5) is 33.3. The van der Waals surface area contributed by atoms with Crippen LogP contribution in [0.5, 0.6) is 0 Å². The van der Waals surface area contributed by atoms with Crippen molar-refractivity contribution in [2.24, 2.45) is 0 Å². The van der Waals surface area contributed by atoms with Crippen LogP contribution in [0.3, 0.4) is 0 Å². The summed E-state index contributed by atoms with van der Waals surface area (Å²) in [7, 11) is 0. The Morgan fingerprint density at radius 3 is 2.67 bits per heavy atom. The Balaban J connectivity index is 2.54. The molecule has 94 valence electrons. The van der Waals surface area contributed by atoms with E-state index in [-0.39, 0.29) is 29.4 Å². The molecule has 0 aliphatic carbocycles. The van der Waals surface area contributed by atoms with Crippen LogP contribution in [-0.2, 0) is 16.0 Å². The number of benzene rings is 1. The van der Waals surface area contributed by atoms with E-state index in [1.807, 2.05) is 0 Å². The average molecular weight is 271 g/mol. The molecule has 0 saturated carbocycles. The Morgan fingerprint density at radius 2 is 2.11 bits per heavy atom. The first-order valence-corrected chi connectivity index (χ1v) is 5.31. The highest BCUT2D eigenvalue weighted by Crippen LogP contribution is 2.37. The number of carbonyl (C=O) groups excluding carboxylic acids is 1. The average Bonchev–Trinajstić information content (AvgIpc) is 2.69. The number of nitro groups is 1. The van der Waals surface area contributed by atoms with Crippen LogP contribution < -0.4 is 4.90 Å². The van der Waals surface area contributed by atoms with Gasteiger partial charge in [-0.2, -0.15) is 0 Å². The van der Waals surface area contributed by atoms with Gasteiger partial charge in [0.1, 0.15) is 0 Å². The molecule has 0 bridgehead atoms. The number of halogens is 1.